The molecule has 4 nitrogen and oxygen atoms in total. The predicted molar refractivity (Wildman–Crippen MR) is 145 cm³/mol. The van der Waals surface area contributed by atoms with E-state index < -0.39 is 0 Å². The third-order valence-electron chi connectivity index (χ3n) is 6.59. The molecule has 0 spiro atoms. The number of rotatable bonds is 5. The largest absolute Gasteiger partial charge is 0.455 e. The highest BCUT2D eigenvalue weighted by molar-refractivity contribution is 6.30. The molecule has 0 amide bonds. The van der Waals surface area contributed by atoms with Crippen LogP contribution in [-0.2, 0) is 0 Å². The number of H-pyrrole nitrogens is 2. The zero-order valence-electron chi connectivity index (χ0n) is 19.2. The van der Waals surface area contributed by atoms with Crippen LogP contribution < -0.4 is 10.5 Å². The average Bonchev–Trinajstić information content (AvgIpc) is 3.44. The topological polar surface area (TPSA) is 66.8 Å². The van der Waals surface area contributed by atoms with Gasteiger partial charge in [0, 0.05) is 56.3 Å². The van der Waals surface area contributed by atoms with E-state index in [0.29, 0.717) is 16.5 Å². The number of fused-ring (bicyclic) bond motifs is 2. The smallest absolute Gasteiger partial charge is 0.151 e. The maximum atomic E-state index is 6.43. The summed E-state index contributed by atoms with van der Waals surface area (Å²) < 4.78 is 6.43. The van der Waals surface area contributed by atoms with Gasteiger partial charge in [-0.1, -0.05) is 66.2 Å². The Bertz CT molecular complexity index is 1680. The van der Waals surface area contributed by atoms with Gasteiger partial charge in [-0.3, -0.25) is 0 Å². The van der Waals surface area contributed by atoms with Gasteiger partial charge in [-0.05, 0) is 48.4 Å². The highest BCUT2D eigenvalue weighted by Gasteiger charge is 2.28. The predicted octanol–water partition coefficient (Wildman–Crippen LogP) is 8.17. The van der Waals surface area contributed by atoms with E-state index in [1.165, 1.54) is 21.9 Å². The van der Waals surface area contributed by atoms with Crippen molar-refractivity contribution in [2.75, 3.05) is 5.73 Å². The van der Waals surface area contributed by atoms with Gasteiger partial charge in [0.25, 0.3) is 0 Å². The van der Waals surface area contributed by atoms with E-state index in [-0.39, 0.29) is 5.92 Å². The van der Waals surface area contributed by atoms with E-state index in [1.807, 2.05) is 18.2 Å². The van der Waals surface area contributed by atoms with Gasteiger partial charge < -0.3 is 20.4 Å². The molecule has 0 aliphatic carbocycles. The molecular formula is C30H24ClN3O. The molecule has 35 heavy (non-hydrogen) atoms. The molecule has 6 rings (SSSR count). The summed E-state index contributed by atoms with van der Waals surface area (Å²) in [6, 6.07) is 30.3. The number of para-hydroxylation sites is 3. The van der Waals surface area contributed by atoms with Crippen molar-refractivity contribution in [3.63, 3.8) is 0 Å². The number of benzene rings is 4. The zero-order valence-corrected chi connectivity index (χ0v) is 19.9. The fourth-order valence-electron chi connectivity index (χ4n) is 5.01. The monoisotopic (exact) mass is 477 g/mol. The lowest BCUT2D eigenvalue weighted by Crippen LogP contribution is -2.06. The molecule has 4 aromatic carbocycles. The Morgan fingerprint density at radius 1 is 0.771 bits per heavy atom. The minimum Gasteiger partial charge on any atom is -0.455 e. The normalized spacial score (nSPS) is 12.3. The first-order chi connectivity index (χ1) is 17.1. The second kappa shape index (κ2) is 8.57. The summed E-state index contributed by atoms with van der Waals surface area (Å²) in [6.07, 6.45) is 2.11. The molecule has 0 radical (unpaired) electrons. The second-order valence-electron chi connectivity index (χ2n) is 8.75. The first-order valence-corrected chi connectivity index (χ1v) is 11.9. The third-order valence-corrected chi connectivity index (χ3v) is 6.82. The molecule has 172 valence electrons. The average molecular weight is 478 g/mol. The maximum absolute atomic E-state index is 6.43. The summed E-state index contributed by atoms with van der Waals surface area (Å²) in [5, 5.41) is 2.95. The lowest BCUT2D eigenvalue weighted by atomic mass is 9.83. The zero-order chi connectivity index (χ0) is 23.9. The summed E-state index contributed by atoms with van der Waals surface area (Å²) in [5.74, 6) is 1.19. The molecule has 5 heteroatoms. The summed E-state index contributed by atoms with van der Waals surface area (Å²) in [4.78, 5) is 7.05. The van der Waals surface area contributed by atoms with Gasteiger partial charge in [0.2, 0.25) is 0 Å². The Morgan fingerprint density at radius 2 is 1.49 bits per heavy atom. The van der Waals surface area contributed by atoms with Crippen molar-refractivity contribution in [2.24, 2.45) is 0 Å². The number of hydrogen-bond donors (Lipinski definition) is 3. The van der Waals surface area contributed by atoms with Crippen molar-refractivity contribution in [1.29, 1.82) is 0 Å². The summed E-state index contributed by atoms with van der Waals surface area (Å²) in [6.45, 7) is 2.13. The van der Waals surface area contributed by atoms with Crippen LogP contribution in [-0.4, -0.2) is 9.97 Å². The molecule has 2 heterocycles. The van der Waals surface area contributed by atoms with Gasteiger partial charge >= 0.3 is 0 Å². The Labute approximate surface area is 208 Å². The first-order valence-electron chi connectivity index (χ1n) is 11.5. The number of nitrogen functional groups attached to an aromatic ring is 1. The van der Waals surface area contributed by atoms with Crippen LogP contribution in [0.25, 0.3) is 21.8 Å². The molecule has 0 aliphatic heterocycles. The van der Waals surface area contributed by atoms with Crippen molar-refractivity contribution in [3.8, 4) is 11.5 Å². The Hall–Kier alpha value is -4.15. The number of aryl methyl sites for hydroxylation is 1. The van der Waals surface area contributed by atoms with Crippen LogP contribution >= 0.6 is 11.6 Å². The lowest BCUT2D eigenvalue weighted by molar-refractivity contribution is 0.478. The Morgan fingerprint density at radius 3 is 2.34 bits per heavy atom. The number of nitrogens with one attached hydrogen (secondary N) is 2. The van der Waals surface area contributed by atoms with Gasteiger partial charge in [-0.15, -0.1) is 0 Å². The first kappa shape index (κ1) is 21.4. The minimum absolute atomic E-state index is 0.0843. The van der Waals surface area contributed by atoms with E-state index in [1.54, 1.807) is 18.2 Å². The second-order valence-corrected chi connectivity index (χ2v) is 9.19. The van der Waals surface area contributed by atoms with Crippen molar-refractivity contribution in [3.05, 3.63) is 125 Å². The molecule has 6 aromatic rings. The van der Waals surface area contributed by atoms with Gasteiger partial charge in [-0.25, -0.2) is 0 Å². The summed E-state index contributed by atoms with van der Waals surface area (Å²) >= 11 is 6.26. The number of aromatic nitrogens is 2. The van der Waals surface area contributed by atoms with Crippen LogP contribution in [0, 0.1) is 6.92 Å². The van der Waals surface area contributed by atoms with E-state index >= 15 is 0 Å². The number of nitrogens with two attached hydrogens (primary N) is 1. The van der Waals surface area contributed by atoms with Crippen molar-refractivity contribution < 1.29 is 4.74 Å². The number of hydrogen-bond acceptors (Lipinski definition) is 2. The van der Waals surface area contributed by atoms with E-state index in [2.05, 4.69) is 77.7 Å². The van der Waals surface area contributed by atoms with Crippen molar-refractivity contribution in [2.45, 2.75) is 12.8 Å². The molecule has 0 fully saturated rings. The van der Waals surface area contributed by atoms with Gasteiger partial charge in [-0.2, -0.15) is 0 Å². The van der Waals surface area contributed by atoms with Gasteiger partial charge in [0.1, 0.15) is 5.75 Å². The highest BCUT2D eigenvalue weighted by atomic mass is 35.5. The molecule has 4 N–H and O–H groups in total. The van der Waals surface area contributed by atoms with Crippen molar-refractivity contribution in [1.82, 2.24) is 9.97 Å². The van der Waals surface area contributed by atoms with Gasteiger partial charge in [0.05, 0.1) is 5.69 Å². The van der Waals surface area contributed by atoms with Crippen LogP contribution in [0.4, 0.5) is 5.69 Å². The number of anilines is 1. The van der Waals surface area contributed by atoms with Crippen LogP contribution in [0.5, 0.6) is 11.5 Å². The standard InChI is InChI=1S/C30H24ClN3O/c1-18-29(21-9-3-6-12-26(21)34-18)30(23-17-33-25-11-5-2-8-20(23)25)22-10-4-7-13-27(22)35-28-16-19(31)14-15-24(28)32/h2-17,30,33-34H,32H2,1H3/t30-/m0/s1. The molecule has 0 aliphatic rings. The molecule has 0 bridgehead atoms. The summed E-state index contributed by atoms with van der Waals surface area (Å²) in [7, 11) is 0. The van der Waals surface area contributed by atoms with Crippen LogP contribution in [0.2, 0.25) is 5.02 Å². The molecule has 1 atom stereocenters. The van der Waals surface area contributed by atoms with Crippen LogP contribution in [0.15, 0.2) is 97.2 Å². The Balaban J connectivity index is 1.61. The van der Waals surface area contributed by atoms with E-state index in [9.17, 15) is 0 Å². The minimum atomic E-state index is -0.0843. The third kappa shape index (κ3) is 3.72. The molecule has 0 saturated heterocycles. The fraction of sp³-hybridized carbons (Fsp3) is 0.0667. The quantitative estimate of drug-likeness (QED) is 0.219. The van der Waals surface area contributed by atoms with Crippen LogP contribution in [0.3, 0.4) is 0 Å². The SMILES string of the molecule is Cc1[nH]c2ccccc2c1[C@@H](c1ccccc1Oc1cc(Cl)ccc1N)c1c[nH]c2ccccc12. The van der Waals surface area contributed by atoms with Crippen molar-refractivity contribution >= 4 is 39.1 Å². The molecule has 0 unspecified atom stereocenters. The van der Waals surface area contributed by atoms with Gasteiger partial charge in [0.15, 0.2) is 5.75 Å². The van der Waals surface area contributed by atoms with E-state index in [0.717, 1.165) is 28.0 Å². The number of ether oxygens (including phenoxy) is 1. The maximum Gasteiger partial charge on any atom is 0.151 e. The number of aromatic amines is 2. The fourth-order valence-corrected chi connectivity index (χ4v) is 5.17. The molecule has 0 saturated carbocycles. The molecular weight excluding hydrogens is 454 g/mol. The lowest BCUT2D eigenvalue weighted by Gasteiger charge is -2.22. The van der Waals surface area contributed by atoms with E-state index in [4.69, 9.17) is 22.1 Å². The number of halogens is 1. The highest BCUT2D eigenvalue weighted by Crippen LogP contribution is 2.45. The molecule has 2 aromatic heterocycles. The Kier molecular flexibility index (Phi) is 5.24. The van der Waals surface area contributed by atoms with Crippen LogP contribution in [0.1, 0.15) is 28.3 Å². The summed E-state index contributed by atoms with van der Waals surface area (Å²) in [5.41, 5.74) is 13.6.